The van der Waals surface area contributed by atoms with Gasteiger partial charge in [0.15, 0.2) is 10.8 Å². The molecule has 1 N–H and O–H groups in total. The molecule has 0 aliphatic heterocycles. The van der Waals surface area contributed by atoms with Crippen LogP contribution in [0, 0.1) is 11.6 Å². The van der Waals surface area contributed by atoms with E-state index in [0.29, 0.717) is 10.8 Å². The highest BCUT2D eigenvalue weighted by atomic mass is 32.2. The van der Waals surface area contributed by atoms with Crippen molar-refractivity contribution in [1.82, 2.24) is 14.6 Å². The minimum Gasteiger partial charge on any atom is -0.323 e. The molecule has 118 valence electrons. The Kier molecular flexibility index (Phi) is 4.24. The van der Waals surface area contributed by atoms with E-state index >= 15 is 0 Å². The van der Waals surface area contributed by atoms with Gasteiger partial charge in [-0.25, -0.2) is 8.78 Å². The van der Waals surface area contributed by atoms with Gasteiger partial charge in [-0.2, -0.15) is 0 Å². The molecule has 0 fully saturated rings. The van der Waals surface area contributed by atoms with E-state index in [1.807, 2.05) is 12.1 Å². The first-order valence-electron chi connectivity index (χ1n) is 6.77. The molecule has 1 unspecified atom stereocenters. The summed E-state index contributed by atoms with van der Waals surface area (Å²) < 4.78 is 28.4. The first-order valence-corrected chi connectivity index (χ1v) is 7.65. The number of anilines is 1. The highest BCUT2D eigenvalue weighted by Gasteiger charge is 2.19. The Morgan fingerprint density at radius 1 is 1.26 bits per heavy atom. The van der Waals surface area contributed by atoms with Crippen molar-refractivity contribution in [3.05, 3.63) is 54.2 Å². The Morgan fingerprint density at radius 3 is 2.91 bits per heavy atom. The van der Waals surface area contributed by atoms with Gasteiger partial charge in [-0.3, -0.25) is 9.20 Å². The molecule has 2 heterocycles. The maximum atomic E-state index is 13.6. The van der Waals surface area contributed by atoms with E-state index in [0.717, 1.165) is 18.2 Å². The van der Waals surface area contributed by atoms with Gasteiger partial charge in [-0.05, 0) is 31.2 Å². The van der Waals surface area contributed by atoms with Crippen molar-refractivity contribution in [2.24, 2.45) is 0 Å². The number of nitrogens with one attached hydrogen (secondary N) is 1. The lowest BCUT2D eigenvalue weighted by Gasteiger charge is -2.11. The molecule has 0 saturated carbocycles. The van der Waals surface area contributed by atoms with Gasteiger partial charge < -0.3 is 5.32 Å². The summed E-state index contributed by atoms with van der Waals surface area (Å²) in [7, 11) is 0. The average molecular weight is 334 g/mol. The third kappa shape index (κ3) is 3.31. The SMILES string of the molecule is CC(Sc1nnc2ccccn12)C(=O)Nc1cc(F)ccc1F. The fourth-order valence-corrected chi connectivity index (χ4v) is 2.78. The zero-order valence-electron chi connectivity index (χ0n) is 12.0. The first-order chi connectivity index (χ1) is 11.0. The van der Waals surface area contributed by atoms with Crippen LogP contribution in [-0.4, -0.2) is 25.8 Å². The topological polar surface area (TPSA) is 59.3 Å². The standard InChI is InChI=1S/C15H12F2N4OS/c1-9(14(22)18-12-8-10(16)5-6-11(12)17)23-15-20-19-13-4-2-3-7-21(13)15/h2-9H,1H3,(H,18,22). The summed E-state index contributed by atoms with van der Waals surface area (Å²) >= 11 is 1.18. The van der Waals surface area contributed by atoms with E-state index < -0.39 is 22.8 Å². The van der Waals surface area contributed by atoms with Crippen LogP contribution in [0.15, 0.2) is 47.8 Å². The summed E-state index contributed by atoms with van der Waals surface area (Å²) in [6, 6.07) is 8.36. The Bertz CT molecular complexity index is 868. The molecule has 1 amide bonds. The Balaban J connectivity index is 1.74. The number of aromatic nitrogens is 3. The van der Waals surface area contributed by atoms with Crippen LogP contribution >= 0.6 is 11.8 Å². The molecule has 0 radical (unpaired) electrons. The van der Waals surface area contributed by atoms with E-state index in [1.54, 1.807) is 23.6 Å². The minimum absolute atomic E-state index is 0.187. The molecule has 0 bridgehead atoms. The highest BCUT2D eigenvalue weighted by molar-refractivity contribution is 8.00. The quantitative estimate of drug-likeness (QED) is 0.745. The number of carbonyl (C=O) groups excluding carboxylic acids is 1. The van der Waals surface area contributed by atoms with Crippen molar-refractivity contribution in [3.63, 3.8) is 0 Å². The molecule has 23 heavy (non-hydrogen) atoms. The molecule has 2 aromatic heterocycles. The number of rotatable bonds is 4. The van der Waals surface area contributed by atoms with Crippen molar-refractivity contribution in [3.8, 4) is 0 Å². The lowest BCUT2D eigenvalue weighted by atomic mass is 10.3. The number of thioether (sulfide) groups is 1. The molecule has 8 heteroatoms. The molecule has 1 atom stereocenters. The largest absolute Gasteiger partial charge is 0.323 e. The molecular weight excluding hydrogens is 322 g/mol. The third-order valence-corrected chi connectivity index (χ3v) is 4.18. The molecule has 3 aromatic rings. The minimum atomic E-state index is -0.690. The van der Waals surface area contributed by atoms with Crippen molar-refractivity contribution >= 4 is 29.0 Å². The molecule has 5 nitrogen and oxygen atoms in total. The van der Waals surface area contributed by atoms with Crippen LogP contribution in [0.4, 0.5) is 14.5 Å². The molecule has 0 aliphatic carbocycles. The van der Waals surface area contributed by atoms with Gasteiger partial charge in [0.2, 0.25) is 5.91 Å². The maximum absolute atomic E-state index is 13.6. The highest BCUT2D eigenvalue weighted by Crippen LogP contribution is 2.24. The van der Waals surface area contributed by atoms with Gasteiger partial charge in [0.25, 0.3) is 0 Å². The predicted octanol–water partition coefficient (Wildman–Crippen LogP) is 3.13. The summed E-state index contributed by atoms with van der Waals surface area (Å²) in [5, 5.41) is 10.4. The average Bonchev–Trinajstić information content (AvgIpc) is 2.94. The van der Waals surface area contributed by atoms with Gasteiger partial charge in [0.1, 0.15) is 11.6 Å². The maximum Gasteiger partial charge on any atom is 0.237 e. The van der Waals surface area contributed by atoms with Crippen LogP contribution in [-0.2, 0) is 4.79 Å². The lowest BCUT2D eigenvalue weighted by molar-refractivity contribution is -0.115. The molecule has 0 saturated heterocycles. The normalized spacial score (nSPS) is 12.3. The number of carbonyl (C=O) groups is 1. The summed E-state index contributed by atoms with van der Waals surface area (Å²) in [5.41, 5.74) is 0.479. The van der Waals surface area contributed by atoms with Gasteiger partial charge in [-0.1, -0.05) is 17.8 Å². The summed E-state index contributed by atoms with van der Waals surface area (Å²) in [6.45, 7) is 1.65. The van der Waals surface area contributed by atoms with Gasteiger partial charge in [0.05, 0.1) is 10.9 Å². The van der Waals surface area contributed by atoms with Crippen molar-refractivity contribution < 1.29 is 13.6 Å². The molecule has 3 rings (SSSR count). The zero-order chi connectivity index (χ0) is 16.4. The van der Waals surface area contributed by atoms with E-state index in [4.69, 9.17) is 0 Å². The van der Waals surface area contributed by atoms with E-state index in [9.17, 15) is 13.6 Å². The number of amides is 1. The fourth-order valence-electron chi connectivity index (χ4n) is 1.94. The summed E-state index contributed by atoms with van der Waals surface area (Å²) in [6.07, 6.45) is 1.79. The second kappa shape index (κ2) is 6.33. The Morgan fingerprint density at radius 2 is 2.09 bits per heavy atom. The van der Waals surface area contributed by atoms with Gasteiger partial charge in [-0.15, -0.1) is 10.2 Å². The number of fused-ring (bicyclic) bond motifs is 1. The lowest BCUT2D eigenvalue weighted by Crippen LogP contribution is -2.23. The number of hydrogen-bond acceptors (Lipinski definition) is 4. The number of halogens is 2. The van der Waals surface area contributed by atoms with Crippen molar-refractivity contribution in [1.29, 1.82) is 0 Å². The summed E-state index contributed by atoms with van der Waals surface area (Å²) in [4.78, 5) is 12.2. The molecular formula is C15H12F2N4OS. The smallest absolute Gasteiger partial charge is 0.237 e. The van der Waals surface area contributed by atoms with Crippen LogP contribution in [0.2, 0.25) is 0 Å². The summed E-state index contributed by atoms with van der Waals surface area (Å²) in [5.74, 6) is -1.76. The van der Waals surface area contributed by atoms with Gasteiger partial charge >= 0.3 is 0 Å². The monoisotopic (exact) mass is 334 g/mol. The molecule has 0 spiro atoms. The van der Waals surface area contributed by atoms with Crippen LogP contribution < -0.4 is 5.32 Å². The Hall–Kier alpha value is -2.48. The second-order valence-corrected chi connectivity index (χ2v) is 6.09. The first kappa shape index (κ1) is 15.4. The van der Waals surface area contributed by atoms with Crippen molar-refractivity contribution in [2.45, 2.75) is 17.3 Å². The van der Waals surface area contributed by atoms with Crippen molar-refractivity contribution in [2.75, 3.05) is 5.32 Å². The fraction of sp³-hybridized carbons (Fsp3) is 0.133. The third-order valence-electron chi connectivity index (χ3n) is 3.12. The van der Waals surface area contributed by atoms with E-state index in [1.165, 1.54) is 11.8 Å². The molecule has 1 aromatic carbocycles. The van der Waals surface area contributed by atoms with Crippen LogP contribution in [0.5, 0.6) is 0 Å². The second-order valence-electron chi connectivity index (χ2n) is 4.78. The van der Waals surface area contributed by atoms with Gasteiger partial charge in [0, 0.05) is 12.3 Å². The van der Waals surface area contributed by atoms with Crippen LogP contribution in [0.3, 0.4) is 0 Å². The van der Waals surface area contributed by atoms with E-state index in [2.05, 4.69) is 15.5 Å². The predicted molar refractivity (Wildman–Crippen MR) is 83.3 cm³/mol. The number of hydrogen-bond donors (Lipinski definition) is 1. The van der Waals surface area contributed by atoms with Crippen LogP contribution in [0.1, 0.15) is 6.92 Å². The Labute approximate surface area is 134 Å². The molecule has 0 aliphatic rings. The van der Waals surface area contributed by atoms with Crippen LogP contribution in [0.25, 0.3) is 5.65 Å². The number of pyridine rings is 1. The zero-order valence-corrected chi connectivity index (χ0v) is 12.8. The number of nitrogens with zero attached hydrogens (tertiary/aromatic N) is 3. The van der Waals surface area contributed by atoms with E-state index in [-0.39, 0.29) is 5.69 Å². The number of benzene rings is 1.